The number of benzene rings is 4. The first-order valence-electron chi connectivity index (χ1n) is 21.4. The van der Waals surface area contributed by atoms with Crippen LogP contribution < -0.4 is 21.5 Å². The Hall–Kier alpha value is -7.26. The number of rotatable bonds is 18. The van der Waals surface area contributed by atoms with E-state index in [9.17, 15) is 42.7 Å². The molecule has 7 rings (SSSR count). The van der Waals surface area contributed by atoms with Crippen LogP contribution in [0.4, 0.5) is 14.5 Å². The lowest BCUT2D eigenvalue weighted by Crippen LogP contribution is -2.48. The number of nitrogens with one attached hydrogen (secondary N) is 4. The number of aryl methyl sites for hydroxylation is 2. The van der Waals surface area contributed by atoms with Crippen molar-refractivity contribution < 1.29 is 37.9 Å². The number of aliphatic hydroxyl groups is 1. The first-order chi connectivity index (χ1) is 31.1. The highest BCUT2D eigenvalue weighted by molar-refractivity contribution is 6.25. The predicted octanol–water partition coefficient (Wildman–Crippen LogP) is 6.68. The number of hydrogen-bond donors (Lipinski definition) is 5. The number of imide groups is 1. The van der Waals surface area contributed by atoms with Crippen molar-refractivity contribution in [3.8, 4) is 11.1 Å². The molecule has 5 N–H and O–H groups in total. The largest absolute Gasteiger partial charge is 0.386 e. The molecule has 4 amide bonds. The molecule has 336 valence electrons. The van der Waals surface area contributed by atoms with Crippen LogP contribution in [-0.4, -0.2) is 69.1 Å². The van der Waals surface area contributed by atoms with Gasteiger partial charge in [-0.2, -0.15) is 0 Å². The Balaban J connectivity index is 0.979. The van der Waals surface area contributed by atoms with Crippen LogP contribution in [0.2, 0.25) is 0 Å². The van der Waals surface area contributed by atoms with E-state index in [2.05, 4.69) is 20.9 Å². The number of fused-ring (bicyclic) bond motifs is 2. The van der Waals surface area contributed by atoms with Gasteiger partial charge in [-0.15, -0.1) is 0 Å². The number of H-pyrrole nitrogens is 1. The SMILES string of the molecule is CNC(=O)C(CCC=O)N1C(=O)c2cccc(NCCCCc3ccc(CNC(=O)c4cc5c(-c6cc(C(C)(C)O)ccc6Cc6ccc(F)cc6F)cn(C)c(=O)c5[nH]4)cc3)c2C1=O. The number of hydrogen-bond acceptors (Lipinski definition) is 8. The second-order valence-electron chi connectivity index (χ2n) is 16.7. The lowest BCUT2D eigenvalue weighted by molar-refractivity contribution is -0.124. The van der Waals surface area contributed by atoms with E-state index in [0.717, 1.165) is 41.4 Å². The van der Waals surface area contributed by atoms with Crippen LogP contribution >= 0.6 is 0 Å². The van der Waals surface area contributed by atoms with Crippen LogP contribution in [0.5, 0.6) is 0 Å². The monoisotopic (exact) mass is 884 g/mol. The fourth-order valence-corrected chi connectivity index (χ4v) is 8.19. The van der Waals surface area contributed by atoms with E-state index in [1.165, 1.54) is 23.7 Å². The first kappa shape index (κ1) is 45.8. The molecule has 1 unspecified atom stereocenters. The Morgan fingerprint density at radius 1 is 0.877 bits per heavy atom. The van der Waals surface area contributed by atoms with E-state index < -0.39 is 46.9 Å². The molecule has 0 saturated heterocycles. The van der Waals surface area contributed by atoms with Crippen LogP contribution in [0, 0.1) is 11.6 Å². The Morgan fingerprint density at radius 2 is 1.62 bits per heavy atom. The highest BCUT2D eigenvalue weighted by Crippen LogP contribution is 2.36. The van der Waals surface area contributed by atoms with E-state index in [0.29, 0.717) is 46.2 Å². The van der Waals surface area contributed by atoms with Crippen molar-refractivity contribution in [3.05, 3.63) is 158 Å². The van der Waals surface area contributed by atoms with Gasteiger partial charge >= 0.3 is 0 Å². The highest BCUT2D eigenvalue weighted by atomic mass is 19.1. The van der Waals surface area contributed by atoms with Gasteiger partial charge in [-0.3, -0.25) is 28.9 Å². The number of carbonyl (C=O) groups excluding carboxylic acids is 5. The van der Waals surface area contributed by atoms with Crippen molar-refractivity contribution >= 4 is 46.5 Å². The summed E-state index contributed by atoms with van der Waals surface area (Å²) < 4.78 is 30.0. The van der Waals surface area contributed by atoms with Gasteiger partial charge in [0.2, 0.25) is 5.91 Å². The number of aromatic nitrogens is 2. The van der Waals surface area contributed by atoms with E-state index in [1.54, 1.807) is 69.6 Å². The summed E-state index contributed by atoms with van der Waals surface area (Å²) in [5, 5.41) is 20.0. The number of amides is 4. The first-order valence-corrected chi connectivity index (χ1v) is 21.4. The number of aromatic amines is 1. The molecule has 1 aliphatic heterocycles. The second-order valence-corrected chi connectivity index (χ2v) is 16.7. The predicted molar refractivity (Wildman–Crippen MR) is 243 cm³/mol. The summed E-state index contributed by atoms with van der Waals surface area (Å²) in [7, 11) is 3.01. The molecular weight excluding hydrogens is 835 g/mol. The van der Waals surface area contributed by atoms with Crippen molar-refractivity contribution in [2.75, 3.05) is 18.9 Å². The third-order valence-corrected chi connectivity index (χ3v) is 11.8. The zero-order valence-electron chi connectivity index (χ0n) is 36.5. The van der Waals surface area contributed by atoms with Crippen LogP contribution in [-0.2, 0) is 41.6 Å². The molecule has 1 atom stereocenters. The number of aldehydes is 1. The highest BCUT2D eigenvalue weighted by Gasteiger charge is 2.43. The van der Waals surface area contributed by atoms with Gasteiger partial charge in [-0.05, 0) is 103 Å². The van der Waals surface area contributed by atoms with Gasteiger partial charge in [0.25, 0.3) is 23.3 Å². The molecule has 0 spiro atoms. The maximum atomic E-state index is 14.9. The van der Waals surface area contributed by atoms with Crippen LogP contribution in [0.1, 0.15) is 98.6 Å². The van der Waals surface area contributed by atoms with Crippen molar-refractivity contribution in [3.63, 3.8) is 0 Å². The lowest BCUT2D eigenvalue weighted by Gasteiger charge is -2.24. The van der Waals surface area contributed by atoms with E-state index in [1.807, 2.05) is 24.3 Å². The van der Waals surface area contributed by atoms with Gasteiger partial charge in [-0.25, -0.2) is 8.78 Å². The summed E-state index contributed by atoms with van der Waals surface area (Å²) in [4.78, 5) is 81.2. The topological polar surface area (TPSA) is 183 Å². The molecule has 1 aliphatic rings. The van der Waals surface area contributed by atoms with E-state index in [4.69, 9.17) is 0 Å². The quantitative estimate of drug-likeness (QED) is 0.0360. The molecule has 15 heteroatoms. The normalized spacial score (nSPS) is 12.9. The minimum absolute atomic E-state index is 0.0215. The Morgan fingerprint density at radius 3 is 2.32 bits per heavy atom. The van der Waals surface area contributed by atoms with Crippen LogP contribution in [0.25, 0.3) is 22.0 Å². The number of likely N-dealkylation sites (N-methyl/N-ethyl adjacent to an activating group) is 1. The number of nitrogens with zero attached hydrogens (tertiary/aromatic N) is 2. The van der Waals surface area contributed by atoms with E-state index in [-0.39, 0.29) is 59.3 Å². The summed E-state index contributed by atoms with van der Waals surface area (Å²) in [5.74, 6) is -3.49. The molecule has 0 aliphatic carbocycles. The van der Waals surface area contributed by atoms with Gasteiger partial charge < -0.3 is 35.4 Å². The number of pyridine rings is 1. The Labute approximate surface area is 373 Å². The van der Waals surface area contributed by atoms with Gasteiger partial charge in [0, 0.05) is 68.9 Å². The number of halogens is 2. The summed E-state index contributed by atoms with van der Waals surface area (Å²) in [6.45, 7) is 4.03. The fraction of sp³-hybridized carbons (Fsp3) is 0.280. The fourth-order valence-electron chi connectivity index (χ4n) is 8.19. The Bertz CT molecular complexity index is 2880. The second kappa shape index (κ2) is 19.2. The van der Waals surface area contributed by atoms with Crippen molar-refractivity contribution in [2.45, 2.75) is 70.6 Å². The Kier molecular flexibility index (Phi) is 13.5. The van der Waals surface area contributed by atoms with Crippen LogP contribution in [0.3, 0.4) is 0 Å². The summed E-state index contributed by atoms with van der Waals surface area (Å²) >= 11 is 0. The molecule has 6 aromatic rings. The molecule has 13 nitrogen and oxygen atoms in total. The molecule has 0 fully saturated rings. The van der Waals surface area contributed by atoms with Gasteiger partial charge in [-0.1, -0.05) is 48.5 Å². The average molecular weight is 885 g/mol. The average Bonchev–Trinajstić information content (AvgIpc) is 3.84. The standard InChI is InChI=1S/C50H50F2N6O7/c1-50(2,65)33-19-17-31(23-32-18-20-34(51)25-39(32)52)36(24-33)38-28-57(4)49(64)44-37(38)26-41(56-44)45(60)55-27-30-15-13-29(14-16-30)9-5-6-21-54-40-11-7-10-35-43(40)48(63)58(47(35)62)42(12-8-22-59)46(61)53-3/h7,10-11,13-20,22,24-26,28,42,54,56,65H,5-6,8-9,12,21,23,27H2,1-4H3,(H,53,61)(H,55,60). The molecule has 0 saturated carbocycles. The molecule has 0 bridgehead atoms. The van der Waals surface area contributed by atoms with Crippen molar-refractivity contribution in [2.24, 2.45) is 7.05 Å². The smallest absolute Gasteiger partial charge is 0.274 e. The third kappa shape index (κ3) is 9.80. The molecule has 0 radical (unpaired) electrons. The molecule has 65 heavy (non-hydrogen) atoms. The lowest BCUT2D eigenvalue weighted by atomic mass is 9.88. The zero-order valence-corrected chi connectivity index (χ0v) is 36.5. The van der Waals surface area contributed by atoms with Crippen LogP contribution in [0.15, 0.2) is 95.9 Å². The summed E-state index contributed by atoms with van der Waals surface area (Å²) in [6, 6.07) is 22.0. The molecule has 4 aromatic carbocycles. The molecular formula is C50H50F2N6O7. The summed E-state index contributed by atoms with van der Waals surface area (Å²) in [5.41, 5.74) is 4.33. The maximum absolute atomic E-state index is 14.9. The third-order valence-electron chi connectivity index (χ3n) is 11.8. The zero-order chi connectivity index (χ0) is 46.6. The van der Waals surface area contributed by atoms with Crippen molar-refractivity contribution in [1.82, 2.24) is 25.1 Å². The number of anilines is 1. The molecule has 3 heterocycles. The van der Waals surface area contributed by atoms with Crippen molar-refractivity contribution in [1.29, 1.82) is 0 Å². The van der Waals surface area contributed by atoms with Gasteiger partial charge in [0.1, 0.15) is 35.2 Å². The molecule has 2 aromatic heterocycles. The van der Waals surface area contributed by atoms with Gasteiger partial charge in [0.05, 0.1) is 16.7 Å². The summed E-state index contributed by atoms with van der Waals surface area (Å²) in [6.07, 6.45) is 4.78. The van der Waals surface area contributed by atoms with E-state index >= 15 is 0 Å². The number of carbonyl (C=O) groups is 5. The van der Waals surface area contributed by atoms with Gasteiger partial charge in [0.15, 0.2) is 0 Å². The number of unbranched alkanes of at least 4 members (excludes halogenated alkanes) is 1. The minimum atomic E-state index is -1.23. The minimum Gasteiger partial charge on any atom is -0.386 e. The maximum Gasteiger partial charge on any atom is 0.274 e.